The van der Waals surface area contributed by atoms with Gasteiger partial charge in [0, 0.05) is 37.1 Å². The normalized spacial score (nSPS) is 20.1. The summed E-state index contributed by atoms with van der Waals surface area (Å²) < 4.78 is 35.7. The van der Waals surface area contributed by atoms with Crippen LogP contribution in [0.25, 0.3) is 5.69 Å². The summed E-state index contributed by atoms with van der Waals surface area (Å²) in [6.45, 7) is 3.06. The highest BCUT2D eigenvalue weighted by molar-refractivity contribution is 6.30. The Balaban J connectivity index is 1.27. The predicted octanol–water partition coefficient (Wildman–Crippen LogP) is 3.48. The monoisotopic (exact) mass is 501 g/mol. The molecule has 184 valence electrons. The number of fused-ring (bicyclic) bond motifs is 3. The summed E-state index contributed by atoms with van der Waals surface area (Å²) in [5.74, 6) is 1.96. The second-order valence-electron chi connectivity index (χ2n) is 9.67. The van der Waals surface area contributed by atoms with Crippen LogP contribution in [-0.2, 0) is 17.8 Å². The summed E-state index contributed by atoms with van der Waals surface area (Å²) in [7, 11) is 0. The maximum absolute atomic E-state index is 14.9. The fraction of sp³-hybridized carbons (Fsp3) is 0.458. The molecule has 11 heteroatoms. The highest BCUT2D eigenvalue weighted by Gasteiger charge is 2.41. The molecule has 3 aliphatic rings. The third-order valence-corrected chi connectivity index (χ3v) is 7.30. The number of hydrogen-bond donors (Lipinski definition) is 1. The molecular weight excluding hydrogens is 476 g/mol. The summed E-state index contributed by atoms with van der Waals surface area (Å²) in [5, 5.41) is 9.78. The van der Waals surface area contributed by atoms with Crippen LogP contribution < -0.4 is 10.6 Å². The second-order valence-corrected chi connectivity index (χ2v) is 10.1. The van der Waals surface area contributed by atoms with Gasteiger partial charge in [0.25, 0.3) is 0 Å². The lowest BCUT2D eigenvalue weighted by Crippen LogP contribution is -2.53. The van der Waals surface area contributed by atoms with Gasteiger partial charge < -0.3 is 15.4 Å². The van der Waals surface area contributed by atoms with Crippen molar-refractivity contribution in [3.8, 4) is 5.69 Å². The summed E-state index contributed by atoms with van der Waals surface area (Å²) in [6, 6.07) is 8.82. The van der Waals surface area contributed by atoms with Gasteiger partial charge in [0.1, 0.15) is 11.6 Å². The summed E-state index contributed by atoms with van der Waals surface area (Å²) in [4.78, 5) is 8.36. The van der Waals surface area contributed by atoms with E-state index in [1.54, 1.807) is 6.07 Å². The van der Waals surface area contributed by atoms with Crippen LogP contribution in [-0.4, -0.2) is 63.2 Å². The fourth-order valence-corrected chi connectivity index (χ4v) is 5.47. The Morgan fingerprint density at radius 1 is 1.11 bits per heavy atom. The molecule has 0 amide bonds. The lowest BCUT2D eigenvalue weighted by Gasteiger charge is -2.37. The average molecular weight is 502 g/mol. The third kappa shape index (κ3) is 4.23. The molecule has 0 radical (unpaired) electrons. The molecule has 3 aliphatic heterocycles. The highest BCUT2D eigenvalue weighted by atomic mass is 35.5. The van der Waals surface area contributed by atoms with Crippen molar-refractivity contribution >= 4 is 23.2 Å². The van der Waals surface area contributed by atoms with Gasteiger partial charge in [-0.15, -0.1) is 10.2 Å². The zero-order valence-corrected chi connectivity index (χ0v) is 19.9. The molecule has 5 heterocycles. The van der Waals surface area contributed by atoms with Gasteiger partial charge in [-0.1, -0.05) is 11.6 Å². The number of ether oxygens (including phenoxy) is 1. The van der Waals surface area contributed by atoms with Crippen LogP contribution in [0.4, 0.5) is 20.4 Å². The molecule has 3 aromatic rings. The van der Waals surface area contributed by atoms with E-state index in [0.717, 1.165) is 48.8 Å². The molecule has 6 rings (SSSR count). The molecule has 35 heavy (non-hydrogen) atoms. The minimum atomic E-state index is -1.33. The Morgan fingerprint density at radius 3 is 2.63 bits per heavy atom. The zero-order chi connectivity index (χ0) is 24.2. The molecule has 2 aromatic heterocycles. The van der Waals surface area contributed by atoms with Gasteiger partial charge in [0.05, 0.1) is 25.4 Å². The first-order valence-corrected chi connectivity index (χ1v) is 12.2. The molecule has 0 unspecified atom stereocenters. The summed E-state index contributed by atoms with van der Waals surface area (Å²) >= 11 is 6.34. The van der Waals surface area contributed by atoms with Crippen molar-refractivity contribution in [2.75, 3.05) is 43.5 Å². The van der Waals surface area contributed by atoms with Crippen LogP contribution in [0, 0.1) is 5.82 Å². The fourth-order valence-electron chi connectivity index (χ4n) is 5.27. The summed E-state index contributed by atoms with van der Waals surface area (Å²) in [5.41, 5.74) is 6.33. The van der Waals surface area contributed by atoms with E-state index in [-0.39, 0.29) is 31.5 Å². The number of halogens is 3. The van der Waals surface area contributed by atoms with Crippen molar-refractivity contribution < 1.29 is 13.5 Å². The van der Waals surface area contributed by atoms with Gasteiger partial charge in [-0.3, -0.25) is 9.47 Å². The largest absolute Gasteiger partial charge is 0.381 e. The minimum absolute atomic E-state index is 0.0873. The van der Waals surface area contributed by atoms with Crippen molar-refractivity contribution in [1.82, 2.24) is 24.6 Å². The van der Waals surface area contributed by atoms with E-state index in [9.17, 15) is 8.78 Å². The van der Waals surface area contributed by atoms with E-state index in [0.29, 0.717) is 23.9 Å². The smallest absolute Gasteiger partial charge is 0.169 e. The zero-order valence-electron chi connectivity index (χ0n) is 19.1. The Morgan fingerprint density at radius 2 is 1.91 bits per heavy atom. The molecule has 0 atom stereocenters. The molecule has 8 nitrogen and oxygen atoms in total. The molecule has 2 N–H and O–H groups in total. The van der Waals surface area contributed by atoms with Crippen LogP contribution in [0.5, 0.6) is 0 Å². The first kappa shape index (κ1) is 22.6. The van der Waals surface area contributed by atoms with E-state index in [2.05, 4.69) is 29.5 Å². The Hall–Kier alpha value is -2.82. The number of benzene rings is 1. The van der Waals surface area contributed by atoms with E-state index in [4.69, 9.17) is 22.1 Å². The maximum Gasteiger partial charge on any atom is 0.169 e. The number of nitrogen functional groups attached to an aromatic ring is 1. The average Bonchev–Trinajstić information content (AvgIpc) is 3.16. The maximum atomic E-state index is 14.9. The van der Waals surface area contributed by atoms with E-state index in [1.807, 2.05) is 18.2 Å². The van der Waals surface area contributed by atoms with Gasteiger partial charge in [0.15, 0.2) is 23.1 Å². The quantitative estimate of drug-likeness (QED) is 0.586. The number of rotatable bonds is 4. The first-order chi connectivity index (χ1) is 16.9. The van der Waals surface area contributed by atoms with Crippen molar-refractivity contribution in [2.24, 2.45) is 0 Å². The van der Waals surface area contributed by atoms with E-state index >= 15 is 0 Å². The van der Waals surface area contributed by atoms with Gasteiger partial charge in [0.2, 0.25) is 0 Å². The third-order valence-electron chi connectivity index (χ3n) is 7.07. The number of alkyl halides is 1. The van der Waals surface area contributed by atoms with Crippen molar-refractivity contribution in [3.63, 3.8) is 0 Å². The van der Waals surface area contributed by atoms with Crippen LogP contribution >= 0.6 is 11.6 Å². The molecule has 0 saturated carbocycles. The molecule has 2 saturated heterocycles. The number of pyridine rings is 1. The molecule has 2 fully saturated rings. The number of nitrogens with two attached hydrogens (primary N) is 1. The van der Waals surface area contributed by atoms with Gasteiger partial charge in [-0.2, -0.15) is 0 Å². The van der Waals surface area contributed by atoms with Crippen LogP contribution in [0.3, 0.4) is 0 Å². The standard InChI is InChI=1S/C24H26ClF2N7O/c25-17-1-3-19-16(9-17)10-32(12-24(27)13-35-14-24)11-21-30-31-23(34(19)21)15-5-7-33(8-6-15)20-4-2-18(26)22(28)29-20/h1-4,9,15H,5-8,10-14H2,(H2,28,29). The lowest BCUT2D eigenvalue weighted by molar-refractivity contribution is -0.142. The Bertz CT molecular complexity index is 1260. The SMILES string of the molecule is Nc1nc(N2CCC(c3nnc4n3-c3ccc(Cl)cc3CN(CC3(F)COC3)C4)CC2)ccc1F. The van der Waals surface area contributed by atoms with Crippen LogP contribution in [0.15, 0.2) is 30.3 Å². The lowest BCUT2D eigenvalue weighted by atomic mass is 9.95. The molecule has 0 bridgehead atoms. The van der Waals surface area contributed by atoms with Gasteiger partial charge in [-0.25, -0.2) is 13.8 Å². The number of nitrogens with zero attached hydrogens (tertiary/aromatic N) is 6. The number of hydrogen-bond acceptors (Lipinski definition) is 7. The minimum Gasteiger partial charge on any atom is -0.381 e. The van der Waals surface area contributed by atoms with Crippen molar-refractivity contribution in [3.05, 3.63) is 58.4 Å². The molecule has 0 spiro atoms. The summed E-state index contributed by atoms with van der Waals surface area (Å²) in [6.07, 6.45) is 1.68. The van der Waals surface area contributed by atoms with Crippen molar-refractivity contribution in [2.45, 2.75) is 37.5 Å². The Labute approximate surface area is 206 Å². The van der Waals surface area contributed by atoms with E-state index < -0.39 is 11.5 Å². The van der Waals surface area contributed by atoms with Gasteiger partial charge >= 0.3 is 0 Å². The molecule has 1 aromatic carbocycles. The molecular formula is C24H26ClF2N7O. The number of aromatic nitrogens is 4. The van der Waals surface area contributed by atoms with Crippen LogP contribution in [0.2, 0.25) is 5.02 Å². The topological polar surface area (TPSA) is 85.3 Å². The first-order valence-electron chi connectivity index (χ1n) is 11.8. The van der Waals surface area contributed by atoms with Gasteiger partial charge in [-0.05, 0) is 48.7 Å². The number of anilines is 2. The van der Waals surface area contributed by atoms with Crippen molar-refractivity contribution in [1.29, 1.82) is 0 Å². The predicted molar refractivity (Wildman–Crippen MR) is 128 cm³/mol. The van der Waals surface area contributed by atoms with E-state index in [1.165, 1.54) is 6.07 Å². The molecule has 0 aliphatic carbocycles. The van der Waals surface area contributed by atoms with Crippen LogP contribution in [0.1, 0.15) is 36.0 Å². The number of piperidine rings is 1. The highest BCUT2D eigenvalue weighted by Crippen LogP contribution is 2.35. The second kappa shape index (κ2) is 8.69. The Kier molecular flexibility index (Phi) is 5.62.